The van der Waals surface area contributed by atoms with Gasteiger partial charge < -0.3 is 5.11 Å². The molecule has 0 atom stereocenters. The number of rotatable bonds is 3. The molecule has 0 saturated carbocycles. The lowest BCUT2D eigenvalue weighted by atomic mass is 10.3. The van der Waals surface area contributed by atoms with Crippen molar-refractivity contribution in [1.82, 2.24) is 0 Å². The Bertz CT molecular complexity index is 60.0. The smallest absolute Gasteiger partial charge is 0.164 e. The van der Waals surface area contributed by atoms with Crippen LogP contribution in [-0.2, 0) is 9.90 Å². The third-order valence-corrected chi connectivity index (χ3v) is 0.552. The Morgan fingerprint density at radius 3 is 2.29 bits per heavy atom. The van der Waals surface area contributed by atoms with Gasteiger partial charge >= 0.3 is 0 Å². The Morgan fingerprint density at radius 2 is 2.14 bits per heavy atom. The molecule has 0 saturated heterocycles. The van der Waals surface area contributed by atoms with E-state index >= 15 is 0 Å². The van der Waals surface area contributed by atoms with E-state index in [0.29, 0.717) is 0 Å². The molecule has 1 N–H and O–H groups in total. The van der Waals surface area contributed by atoms with Crippen molar-refractivity contribution in [3.63, 3.8) is 0 Å². The summed E-state index contributed by atoms with van der Waals surface area (Å²) in [5.74, 6) is -0.428. The lowest BCUT2D eigenvalue weighted by molar-refractivity contribution is -0.124. The number of aliphatic hydroxyl groups is 1. The van der Waals surface area contributed by atoms with E-state index in [1.54, 1.807) is 0 Å². The molecule has 0 aromatic carbocycles. The molecule has 0 rings (SSSR count). The van der Waals surface area contributed by atoms with Crippen molar-refractivity contribution in [3.8, 4) is 0 Å². The van der Waals surface area contributed by atoms with Crippen molar-refractivity contribution in [2.75, 3.05) is 13.2 Å². The van der Waals surface area contributed by atoms with Crippen LogP contribution in [0.25, 0.3) is 0 Å². The second kappa shape index (κ2) is 3.77. The molecule has 0 aliphatic carbocycles. The van der Waals surface area contributed by atoms with Crippen LogP contribution < -0.4 is 0 Å². The van der Waals surface area contributed by atoms with E-state index in [0.717, 1.165) is 0 Å². The van der Waals surface area contributed by atoms with Gasteiger partial charge in [0, 0.05) is 6.42 Å². The van der Waals surface area contributed by atoms with Crippen molar-refractivity contribution in [2.45, 2.75) is 6.42 Å². The third-order valence-electron chi connectivity index (χ3n) is 0.552. The van der Waals surface area contributed by atoms with Gasteiger partial charge in [0.05, 0.1) is 6.61 Å². The second-order valence-electron chi connectivity index (χ2n) is 1.16. The fraction of sp³-hybridized carbons (Fsp3) is 0.750. The van der Waals surface area contributed by atoms with Gasteiger partial charge in [-0.05, 0) is 0 Å². The van der Waals surface area contributed by atoms with Crippen molar-refractivity contribution < 1.29 is 15.0 Å². The third kappa shape index (κ3) is 3.42. The average Bonchev–Trinajstić information content (AvgIpc) is 1.68. The zero-order valence-electron chi connectivity index (χ0n) is 3.89. The predicted molar refractivity (Wildman–Crippen MR) is 22.3 cm³/mol. The van der Waals surface area contributed by atoms with Crippen LogP contribution in [0.1, 0.15) is 6.42 Å². The van der Waals surface area contributed by atoms with Gasteiger partial charge in [0.1, 0.15) is 6.61 Å². The number of carbonyl (C=O) groups excluding carboxylic acids is 1. The molecule has 0 unspecified atom stereocenters. The summed E-state index contributed by atoms with van der Waals surface area (Å²) >= 11 is 0. The minimum absolute atomic E-state index is 0.00347. The number of hydrogen-bond acceptors (Lipinski definition) is 2. The molecule has 0 amide bonds. The molecule has 1 radical (unpaired) electrons. The zero-order valence-corrected chi connectivity index (χ0v) is 3.89. The molecular weight excluding hydrogens is 96.0 g/mol. The molecule has 41 valence electrons. The van der Waals surface area contributed by atoms with E-state index in [1.807, 2.05) is 0 Å². The molecular formula is C4H7O3. The van der Waals surface area contributed by atoms with E-state index < -0.39 is 12.4 Å². The van der Waals surface area contributed by atoms with Crippen molar-refractivity contribution in [2.24, 2.45) is 0 Å². The number of hydrogen-bond donors (Lipinski definition) is 1. The molecule has 3 heteroatoms. The maximum Gasteiger partial charge on any atom is 0.164 e. The Hall–Kier alpha value is -0.410. The maximum atomic E-state index is 9.94. The fourth-order valence-corrected chi connectivity index (χ4v) is 0.197. The lowest BCUT2D eigenvalue weighted by Gasteiger charge is -1.84. The Morgan fingerprint density at radius 1 is 1.57 bits per heavy atom. The standard InChI is InChI=1S/C4H7O3/c5-2-1-4(7)3-6/h5H,1-3H2. The molecule has 0 aromatic heterocycles. The highest BCUT2D eigenvalue weighted by molar-refractivity contribution is 5.79. The van der Waals surface area contributed by atoms with Gasteiger partial charge in [-0.3, -0.25) is 4.79 Å². The van der Waals surface area contributed by atoms with Crippen LogP contribution in [0, 0.1) is 0 Å². The topological polar surface area (TPSA) is 57.2 Å². The summed E-state index contributed by atoms with van der Waals surface area (Å²) in [5.41, 5.74) is 0. The molecule has 0 aliphatic heterocycles. The zero-order chi connectivity index (χ0) is 5.70. The summed E-state index contributed by atoms with van der Waals surface area (Å²) in [6, 6.07) is 0. The molecule has 0 bridgehead atoms. The van der Waals surface area contributed by atoms with E-state index in [1.165, 1.54) is 0 Å². The van der Waals surface area contributed by atoms with Crippen LogP contribution in [0.2, 0.25) is 0 Å². The predicted octanol–water partition coefficient (Wildman–Crippen LogP) is -0.632. The SMILES string of the molecule is [O]CC(=O)CCO. The first-order valence-electron chi connectivity index (χ1n) is 2.02. The Labute approximate surface area is 41.6 Å². The molecule has 7 heavy (non-hydrogen) atoms. The summed E-state index contributed by atoms with van der Waals surface area (Å²) in [6.45, 7) is -0.915. The monoisotopic (exact) mass is 103 g/mol. The normalized spacial score (nSPS) is 8.86. The number of carbonyl (C=O) groups is 1. The first-order valence-corrected chi connectivity index (χ1v) is 2.02. The lowest BCUT2D eigenvalue weighted by Crippen LogP contribution is -2.03. The van der Waals surface area contributed by atoms with Crippen molar-refractivity contribution >= 4 is 5.78 Å². The molecule has 0 aliphatic rings. The summed E-state index contributed by atoms with van der Waals surface area (Å²) in [6.07, 6.45) is 0.00347. The highest BCUT2D eigenvalue weighted by Crippen LogP contribution is 1.76. The largest absolute Gasteiger partial charge is 0.396 e. The van der Waals surface area contributed by atoms with Gasteiger partial charge in [0.25, 0.3) is 0 Å². The summed E-state index contributed by atoms with van der Waals surface area (Å²) in [4.78, 5) is 9.94. The Balaban J connectivity index is 3.00. The average molecular weight is 103 g/mol. The van der Waals surface area contributed by atoms with Gasteiger partial charge in [-0.15, -0.1) is 0 Å². The van der Waals surface area contributed by atoms with E-state index in [9.17, 15) is 9.90 Å². The minimum atomic E-state index is -0.708. The van der Waals surface area contributed by atoms with Gasteiger partial charge in [0.2, 0.25) is 0 Å². The van der Waals surface area contributed by atoms with Gasteiger partial charge in [-0.1, -0.05) is 0 Å². The fourth-order valence-electron chi connectivity index (χ4n) is 0.197. The summed E-state index contributed by atoms with van der Waals surface area (Å²) < 4.78 is 0. The van der Waals surface area contributed by atoms with Gasteiger partial charge in [-0.2, -0.15) is 0 Å². The second-order valence-corrected chi connectivity index (χ2v) is 1.16. The number of Topliss-reactive ketones (excluding diaryl/α,β-unsaturated/α-hetero) is 1. The van der Waals surface area contributed by atoms with Gasteiger partial charge in [0.15, 0.2) is 5.78 Å². The van der Waals surface area contributed by atoms with Crippen LogP contribution in [0.4, 0.5) is 0 Å². The van der Waals surface area contributed by atoms with Crippen molar-refractivity contribution in [3.05, 3.63) is 0 Å². The quantitative estimate of drug-likeness (QED) is 0.517. The summed E-state index contributed by atoms with van der Waals surface area (Å²) in [7, 11) is 0. The van der Waals surface area contributed by atoms with E-state index in [4.69, 9.17) is 5.11 Å². The van der Waals surface area contributed by atoms with Crippen molar-refractivity contribution in [1.29, 1.82) is 0 Å². The first kappa shape index (κ1) is 6.59. The van der Waals surface area contributed by atoms with Crippen LogP contribution in [0.3, 0.4) is 0 Å². The maximum absolute atomic E-state index is 9.94. The van der Waals surface area contributed by atoms with Crippen LogP contribution >= 0.6 is 0 Å². The van der Waals surface area contributed by atoms with Crippen LogP contribution in [0.15, 0.2) is 0 Å². The molecule has 0 aromatic rings. The number of aliphatic hydroxyl groups excluding tert-OH is 1. The van der Waals surface area contributed by atoms with Crippen LogP contribution in [0.5, 0.6) is 0 Å². The molecule has 3 nitrogen and oxygen atoms in total. The van der Waals surface area contributed by atoms with Gasteiger partial charge in [-0.25, -0.2) is 5.11 Å². The molecule has 0 spiro atoms. The number of ketones is 1. The molecule has 0 heterocycles. The highest BCUT2D eigenvalue weighted by Gasteiger charge is 1.95. The summed E-state index contributed by atoms with van der Waals surface area (Å²) in [5, 5.41) is 17.6. The highest BCUT2D eigenvalue weighted by atomic mass is 16.3. The van der Waals surface area contributed by atoms with Crippen LogP contribution in [-0.4, -0.2) is 24.1 Å². The minimum Gasteiger partial charge on any atom is -0.396 e. The van der Waals surface area contributed by atoms with E-state index in [-0.39, 0.29) is 13.0 Å². The first-order chi connectivity index (χ1) is 3.31. The molecule has 0 fully saturated rings. The Kier molecular flexibility index (Phi) is 3.55. The van der Waals surface area contributed by atoms with E-state index in [2.05, 4.69) is 0 Å².